The fourth-order valence-corrected chi connectivity index (χ4v) is 3.13. The van der Waals surface area contributed by atoms with Crippen LogP contribution in [0.15, 0.2) is 0 Å². The highest BCUT2D eigenvalue weighted by atomic mass is 16.4. The van der Waals surface area contributed by atoms with Crippen molar-refractivity contribution < 1.29 is 14.7 Å². The predicted octanol–water partition coefficient (Wildman–Crippen LogP) is 0.977. The maximum absolute atomic E-state index is 12.3. The average molecular weight is 283 g/mol. The lowest BCUT2D eigenvalue weighted by Gasteiger charge is -2.25. The van der Waals surface area contributed by atoms with E-state index in [2.05, 4.69) is 12.2 Å². The molecule has 0 aromatic carbocycles. The van der Waals surface area contributed by atoms with Crippen LogP contribution in [-0.2, 0) is 4.79 Å². The lowest BCUT2D eigenvalue weighted by molar-refractivity contribution is -0.138. The average Bonchev–Trinajstić information content (AvgIpc) is 2.64. The van der Waals surface area contributed by atoms with Crippen LogP contribution >= 0.6 is 0 Å². The fraction of sp³-hybridized carbons (Fsp3) is 0.857. The molecule has 2 amide bonds. The second kappa shape index (κ2) is 6.92. The van der Waals surface area contributed by atoms with Crippen LogP contribution in [0.4, 0.5) is 4.79 Å². The molecule has 0 aromatic heterocycles. The zero-order chi connectivity index (χ0) is 14.5. The van der Waals surface area contributed by atoms with Gasteiger partial charge in [-0.2, -0.15) is 0 Å². The summed E-state index contributed by atoms with van der Waals surface area (Å²) in [6.07, 6.45) is 4.29. The number of nitrogens with one attached hydrogen (secondary N) is 1. The van der Waals surface area contributed by atoms with Crippen LogP contribution in [0.1, 0.15) is 32.6 Å². The van der Waals surface area contributed by atoms with E-state index in [4.69, 9.17) is 5.11 Å². The van der Waals surface area contributed by atoms with Gasteiger partial charge in [-0.25, -0.2) is 4.79 Å². The summed E-state index contributed by atoms with van der Waals surface area (Å²) in [6.45, 7) is 4.96. The molecule has 20 heavy (non-hydrogen) atoms. The van der Waals surface area contributed by atoms with Crippen LogP contribution in [0.3, 0.4) is 0 Å². The zero-order valence-electron chi connectivity index (χ0n) is 12.2. The van der Waals surface area contributed by atoms with E-state index in [9.17, 15) is 9.59 Å². The number of carbonyl (C=O) groups excluding carboxylic acids is 1. The maximum atomic E-state index is 12.3. The molecule has 1 heterocycles. The van der Waals surface area contributed by atoms with Gasteiger partial charge in [-0.1, -0.05) is 13.3 Å². The van der Waals surface area contributed by atoms with Gasteiger partial charge in [0, 0.05) is 32.2 Å². The molecular formula is C14H25N3O3. The second-order valence-electron chi connectivity index (χ2n) is 5.97. The number of urea groups is 1. The fourth-order valence-electron chi connectivity index (χ4n) is 3.13. The zero-order valence-corrected chi connectivity index (χ0v) is 12.2. The monoisotopic (exact) mass is 283 g/mol. The Hall–Kier alpha value is -1.30. The maximum Gasteiger partial charge on any atom is 0.317 e. The first-order valence-corrected chi connectivity index (χ1v) is 7.56. The smallest absolute Gasteiger partial charge is 0.317 e. The van der Waals surface area contributed by atoms with Gasteiger partial charge in [0.1, 0.15) is 0 Å². The number of hydrogen-bond acceptors (Lipinski definition) is 3. The van der Waals surface area contributed by atoms with Gasteiger partial charge in [-0.3, -0.25) is 9.69 Å². The largest absolute Gasteiger partial charge is 0.480 e. The number of amides is 2. The summed E-state index contributed by atoms with van der Waals surface area (Å²) in [5, 5.41) is 12.0. The molecular weight excluding hydrogens is 258 g/mol. The van der Waals surface area contributed by atoms with Crippen LogP contribution < -0.4 is 5.32 Å². The third-order valence-corrected chi connectivity index (χ3v) is 4.40. The van der Waals surface area contributed by atoms with Gasteiger partial charge in [0.2, 0.25) is 0 Å². The summed E-state index contributed by atoms with van der Waals surface area (Å²) >= 11 is 0. The molecule has 2 aliphatic rings. The minimum absolute atomic E-state index is 0.0147. The normalized spacial score (nSPS) is 28.1. The van der Waals surface area contributed by atoms with Crippen molar-refractivity contribution in [1.82, 2.24) is 15.1 Å². The highest BCUT2D eigenvalue weighted by Gasteiger charge is 2.27. The Kier molecular flexibility index (Phi) is 5.23. The lowest BCUT2D eigenvalue weighted by atomic mass is 10.1. The van der Waals surface area contributed by atoms with Crippen molar-refractivity contribution in [2.24, 2.45) is 5.92 Å². The number of carbonyl (C=O) groups is 2. The molecule has 2 atom stereocenters. The lowest BCUT2D eigenvalue weighted by Crippen LogP contribution is -2.47. The molecule has 1 saturated heterocycles. The van der Waals surface area contributed by atoms with Gasteiger partial charge in [0.25, 0.3) is 0 Å². The van der Waals surface area contributed by atoms with Crippen molar-refractivity contribution >= 4 is 12.0 Å². The molecule has 1 aliphatic carbocycles. The van der Waals surface area contributed by atoms with E-state index in [1.807, 2.05) is 9.80 Å². The third kappa shape index (κ3) is 4.10. The number of carboxylic acids is 1. The molecule has 2 fully saturated rings. The Morgan fingerprint density at radius 3 is 2.60 bits per heavy atom. The molecule has 0 radical (unpaired) electrons. The van der Waals surface area contributed by atoms with Gasteiger partial charge in [0.15, 0.2) is 0 Å². The molecule has 0 bridgehead atoms. The SMILES string of the molecule is CC1CCCC1NC(=O)N1CCCN(CC(=O)O)CC1. The van der Waals surface area contributed by atoms with Crippen LogP contribution in [-0.4, -0.2) is 65.7 Å². The molecule has 1 aliphatic heterocycles. The summed E-state index contributed by atoms with van der Waals surface area (Å²) in [5.74, 6) is -0.239. The summed E-state index contributed by atoms with van der Waals surface area (Å²) in [4.78, 5) is 26.7. The number of aliphatic carboxylic acids is 1. The first kappa shape index (κ1) is 15.1. The van der Waals surface area contributed by atoms with Gasteiger partial charge < -0.3 is 15.3 Å². The van der Waals surface area contributed by atoms with Crippen LogP contribution in [0.25, 0.3) is 0 Å². The molecule has 2 rings (SSSR count). The summed E-state index contributed by atoms with van der Waals surface area (Å²) < 4.78 is 0. The molecule has 2 N–H and O–H groups in total. The van der Waals surface area contributed by atoms with Gasteiger partial charge in [-0.05, 0) is 25.2 Å². The first-order valence-electron chi connectivity index (χ1n) is 7.56. The third-order valence-electron chi connectivity index (χ3n) is 4.40. The van der Waals surface area contributed by atoms with Crippen LogP contribution in [0, 0.1) is 5.92 Å². The van der Waals surface area contributed by atoms with Crippen LogP contribution in [0.2, 0.25) is 0 Å². The van der Waals surface area contributed by atoms with E-state index >= 15 is 0 Å². The Bertz CT molecular complexity index is 362. The molecule has 2 unspecified atom stereocenters. The van der Waals surface area contributed by atoms with Crippen molar-refractivity contribution in [2.45, 2.75) is 38.6 Å². The summed E-state index contributed by atoms with van der Waals surface area (Å²) in [6, 6.07) is 0.321. The molecule has 114 valence electrons. The standard InChI is InChI=1S/C14H25N3O3/c1-11-4-2-5-12(11)15-14(20)17-7-3-6-16(8-9-17)10-13(18)19/h11-12H,2-10H2,1H3,(H,15,20)(H,18,19). The molecule has 0 aromatic rings. The minimum Gasteiger partial charge on any atom is -0.480 e. The van der Waals surface area contributed by atoms with Crippen molar-refractivity contribution in [1.29, 1.82) is 0 Å². The second-order valence-corrected chi connectivity index (χ2v) is 5.97. The van der Waals surface area contributed by atoms with Gasteiger partial charge >= 0.3 is 12.0 Å². The van der Waals surface area contributed by atoms with E-state index in [1.165, 1.54) is 12.8 Å². The highest BCUT2D eigenvalue weighted by Crippen LogP contribution is 2.24. The Balaban J connectivity index is 1.80. The molecule has 6 nitrogen and oxygen atoms in total. The van der Waals surface area contributed by atoms with Crippen molar-refractivity contribution in [3.8, 4) is 0 Å². The van der Waals surface area contributed by atoms with Crippen molar-refractivity contribution in [2.75, 3.05) is 32.7 Å². The number of nitrogens with zero attached hydrogens (tertiary/aromatic N) is 2. The summed E-state index contributed by atoms with van der Waals surface area (Å²) in [5.41, 5.74) is 0. The molecule has 1 saturated carbocycles. The van der Waals surface area contributed by atoms with Gasteiger partial charge in [-0.15, -0.1) is 0 Å². The van der Waals surface area contributed by atoms with E-state index in [0.29, 0.717) is 31.6 Å². The quantitative estimate of drug-likeness (QED) is 0.810. The topological polar surface area (TPSA) is 72.9 Å². The molecule has 6 heteroatoms. The number of carboxylic acid groups (broad SMARTS) is 1. The highest BCUT2D eigenvalue weighted by molar-refractivity contribution is 5.74. The van der Waals surface area contributed by atoms with E-state index < -0.39 is 5.97 Å². The van der Waals surface area contributed by atoms with Crippen molar-refractivity contribution in [3.05, 3.63) is 0 Å². The summed E-state index contributed by atoms with van der Waals surface area (Å²) in [7, 11) is 0. The van der Waals surface area contributed by atoms with Crippen molar-refractivity contribution in [3.63, 3.8) is 0 Å². The number of rotatable bonds is 3. The Labute approximate surface area is 120 Å². The molecule has 0 spiro atoms. The van der Waals surface area contributed by atoms with E-state index in [1.54, 1.807) is 0 Å². The Morgan fingerprint density at radius 1 is 1.15 bits per heavy atom. The van der Waals surface area contributed by atoms with E-state index in [0.717, 1.165) is 19.4 Å². The minimum atomic E-state index is -0.803. The van der Waals surface area contributed by atoms with E-state index in [-0.39, 0.29) is 12.6 Å². The van der Waals surface area contributed by atoms with Crippen LogP contribution in [0.5, 0.6) is 0 Å². The number of hydrogen-bond donors (Lipinski definition) is 2. The first-order chi connectivity index (χ1) is 9.56. The predicted molar refractivity (Wildman–Crippen MR) is 75.6 cm³/mol. The Morgan fingerprint density at radius 2 is 1.95 bits per heavy atom. The van der Waals surface area contributed by atoms with Gasteiger partial charge in [0.05, 0.1) is 6.54 Å².